The lowest BCUT2D eigenvalue weighted by molar-refractivity contribution is -0.0560. The number of nitrogens with one attached hydrogen (secondary N) is 1. The van der Waals surface area contributed by atoms with E-state index in [0.717, 1.165) is 5.01 Å². The van der Waals surface area contributed by atoms with Crippen molar-refractivity contribution >= 4 is 22.7 Å². The fourth-order valence-electron chi connectivity index (χ4n) is 1.50. The van der Waals surface area contributed by atoms with Crippen molar-refractivity contribution in [2.75, 3.05) is 7.05 Å². The summed E-state index contributed by atoms with van der Waals surface area (Å²) in [5, 5.41) is 15.2. The first-order valence-corrected chi connectivity index (χ1v) is 6.31. The van der Waals surface area contributed by atoms with E-state index in [1.807, 2.05) is 0 Å². The normalized spacial score (nSPS) is 18.9. The average molecular weight is 305 g/mol. The molecular weight excluding hydrogens is 295 g/mol. The van der Waals surface area contributed by atoms with Crippen LogP contribution in [-0.4, -0.2) is 39.8 Å². The Balaban J connectivity index is 2.06. The Bertz CT molecular complexity index is 562. The van der Waals surface area contributed by atoms with Crippen LogP contribution in [0.1, 0.15) is 10.4 Å². The summed E-state index contributed by atoms with van der Waals surface area (Å²) in [6.07, 6.45) is -4.55. The van der Waals surface area contributed by atoms with E-state index in [9.17, 15) is 23.1 Å². The molecule has 0 saturated carbocycles. The second-order valence-corrected chi connectivity index (χ2v) is 5.01. The maximum Gasteiger partial charge on any atom is 0.441 e. The average Bonchev–Trinajstić information content (AvgIpc) is 2.71. The molecule has 0 fully saturated rings. The van der Waals surface area contributed by atoms with Gasteiger partial charge in [-0.15, -0.1) is 0 Å². The van der Waals surface area contributed by atoms with Crippen LogP contribution in [0.3, 0.4) is 0 Å². The summed E-state index contributed by atoms with van der Waals surface area (Å²) >= 11 is 0.392. The fourth-order valence-corrected chi connectivity index (χ4v) is 2.39. The molecule has 0 radical (unpaired) electrons. The second-order valence-electron chi connectivity index (χ2n) is 3.94. The van der Waals surface area contributed by atoms with Crippen LogP contribution in [0.15, 0.2) is 29.4 Å². The molecule has 0 aromatic heterocycles. The van der Waals surface area contributed by atoms with Gasteiger partial charge in [0.1, 0.15) is 5.75 Å². The number of halogens is 3. The zero-order valence-electron chi connectivity index (χ0n) is 10.2. The number of aromatic hydroxyl groups is 1. The van der Waals surface area contributed by atoms with Gasteiger partial charge in [-0.1, -0.05) is 23.9 Å². The largest absolute Gasteiger partial charge is 0.507 e. The van der Waals surface area contributed by atoms with E-state index in [1.165, 1.54) is 31.3 Å². The zero-order valence-corrected chi connectivity index (χ0v) is 11.0. The number of carbonyl (C=O) groups is 1. The van der Waals surface area contributed by atoms with Crippen LogP contribution in [0.4, 0.5) is 13.2 Å². The Morgan fingerprint density at radius 2 is 2.10 bits per heavy atom. The number of benzene rings is 1. The summed E-state index contributed by atoms with van der Waals surface area (Å²) in [5.41, 5.74) is -0.985. The number of amides is 1. The Hall–Kier alpha value is -1.90. The van der Waals surface area contributed by atoms with E-state index in [0.29, 0.717) is 11.8 Å². The van der Waals surface area contributed by atoms with Gasteiger partial charge in [0.2, 0.25) is 5.04 Å². The van der Waals surface area contributed by atoms with E-state index >= 15 is 0 Å². The maximum atomic E-state index is 12.5. The van der Waals surface area contributed by atoms with Crippen LogP contribution in [0.25, 0.3) is 0 Å². The number of alkyl halides is 3. The van der Waals surface area contributed by atoms with E-state index in [4.69, 9.17) is 0 Å². The smallest absolute Gasteiger partial charge is 0.441 e. The standard InChI is InChI=1S/C11H10F3N3O2S/c1-17-10(20-9(16-17)11(12,13)14)15-8(19)6-4-2-3-5-7(6)18/h2-5,10,18H,1H3,(H,15,19). The second kappa shape index (κ2) is 5.23. The van der Waals surface area contributed by atoms with Gasteiger partial charge in [-0.05, 0) is 12.1 Å². The molecule has 0 saturated heterocycles. The van der Waals surface area contributed by atoms with Crippen molar-refractivity contribution in [3.8, 4) is 5.75 Å². The third-order valence-electron chi connectivity index (χ3n) is 2.46. The van der Waals surface area contributed by atoms with Crippen LogP contribution in [0.2, 0.25) is 0 Å². The van der Waals surface area contributed by atoms with Crippen molar-refractivity contribution in [3.63, 3.8) is 0 Å². The number of hydrogen-bond donors (Lipinski definition) is 2. The first-order valence-electron chi connectivity index (χ1n) is 5.43. The summed E-state index contributed by atoms with van der Waals surface area (Å²) in [6, 6.07) is 5.76. The molecular formula is C11H10F3N3O2S. The molecule has 1 aliphatic rings. The molecule has 20 heavy (non-hydrogen) atoms. The molecule has 108 valence electrons. The highest BCUT2D eigenvalue weighted by molar-refractivity contribution is 8.14. The van der Waals surface area contributed by atoms with Crippen molar-refractivity contribution in [1.82, 2.24) is 10.3 Å². The molecule has 0 bridgehead atoms. The first-order chi connectivity index (χ1) is 9.29. The number of phenolic OH excluding ortho intramolecular Hbond substituents is 1. The molecule has 1 amide bonds. The van der Waals surface area contributed by atoms with E-state index in [1.54, 1.807) is 0 Å². The predicted octanol–water partition coefficient (Wildman–Crippen LogP) is 1.96. The Morgan fingerprint density at radius 1 is 1.45 bits per heavy atom. The van der Waals surface area contributed by atoms with Crippen molar-refractivity contribution < 1.29 is 23.1 Å². The van der Waals surface area contributed by atoms with Gasteiger partial charge in [-0.2, -0.15) is 18.3 Å². The molecule has 1 heterocycles. The van der Waals surface area contributed by atoms with Gasteiger partial charge in [0.05, 0.1) is 5.56 Å². The molecule has 5 nitrogen and oxygen atoms in total. The first kappa shape index (κ1) is 14.5. The Labute approximate surface area is 116 Å². The summed E-state index contributed by atoms with van der Waals surface area (Å²) in [6.45, 7) is 0. The third-order valence-corrected chi connectivity index (χ3v) is 3.64. The summed E-state index contributed by atoms with van der Waals surface area (Å²) in [7, 11) is 1.32. The molecule has 2 N–H and O–H groups in total. The van der Waals surface area contributed by atoms with Gasteiger partial charge in [-0.25, -0.2) is 0 Å². The molecule has 1 unspecified atom stereocenters. The number of phenols is 1. The minimum atomic E-state index is -4.55. The van der Waals surface area contributed by atoms with E-state index < -0.39 is 22.6 Å². The van der Waals surface area contributed by atoms with Crippen molar-refractivity contribution in [3.05, 3.63) is 29.8 Å². The fraction of sp³-hybridized carbons (Fsp3) is 0.273. The Morgan fingerprint density at radius 3 is 2.65 bits per heavy atom. The van der Waals surface area contributed by atoms with Gasteiger partial charge < -0.3 is 10.4 Å². The molecule has 9 heteroatoms. The predicted molar refractivity (Wildman–Crippen MR) is 68.2 cm³/mol. The molecule has 1 aromatic carbocycles. The van der Waals surface area contributed by atoms with Gasteiger partial charge in [0.25, 0.3) is 5.91 Å². The number of rotatable bonds is 2. The number of carbonyl (C=O) groups excluding carboxylic acids is 1. The molecule has 2 rings (SSSR count). The summed E-state index contributed by atoms with van der Waals surface area (Å²) in [5.74, 6) is -0.918. The van der Waals surface area contributed by atoms with Gasteiger partial charge in [0, 0.05) is 7.05 Å². The van der Waals surface area contributed by atoms with Crippen LogP contribution >= 0.6 is 11.8 Å². The maximum absolute atomic E-state index is 12.5. The van der Waals surface area contributed by atoms with Gasteiger partial charge in [0.15, 0.2) is 5.50 Å². The summed E-state index contributed by atoms with van der Waals surface area (Å²) < 4.78 is 37.5. The number of para-hydroxylation sites is 1. The molecule has 0 aliphatic carbocycles. The number of hydrogen-bond acceptors (Lipinski definition) is 5. The molecule has 1 aliphatic heterocycles. The van der Waals surface area contributed by atoms with E-state index in [-0.39, 0.29) is 11.3 Å². The topological polar surface area (TPSA) is 64.9 Å². The molecule has 0 spiro atoms. The quantitative estimate of drug-likeness (QED) is 0.876. The van der Waals surface area contributed by atoms with Crippen LogP contribution in [0.5, 0.6) is 5.75 Å². The lowest BCUT2D eigenvalue weighted by Gasteiger charge is -2.19. The highest BCUT2D eigenvalue weighted by atomic mass is 32.2. The minimum Gasteiger partial charge on any atom is -0.507 e. The number of hydrazone groups is 1. The van der Waals surface area contributed by atoms with Crippen molar-refractivity contribution in [1.29, 1.82) is 0 Å². The van der Waals surface area contributed by atoms with E-state index in [2.05, 4.69) is 10.4 Å². The zero-order chi connectivity index (χ0) is 14.9. The Kier molecular flexibility index (Phi) is 3.80. The minimum absolute atomic E-state index is 0.0121. The van der Waals surface area contributed by atoms with Crippen LogP contribution < -0.4 is 5.32 Å². The number of nitrogens with zero attached hydrogens (tertiary/aromatic N) is 2. The highest BCUT2D eigenvalue weighted by Crippen LogP contribution is 2.33. The van der Waals surface area contributed by atoms with Crippen molar-refractivity contribution in [2.24, 2.45) is 5.10 Å². The van der Waals surface area contributed by atoms with Crippen LogP contribution in [0, 0.1) is 0 Å². The third kappa shape index (κ3) is 2.98. The summed E-state index contributed by atoms with van der Waals surface area (Å²) in [4.78, 5) is 11.9. The monoisotopic (exact) mass is 305 g/mol. The highest BCUT2D eigenvalue weighted by Gasteiger charge is 2.43. The molecule has 1 atom stereocenters. The lowest BCUT2D eigenvalue weighted by atomic mass is 10.2. The lowest BCUT2D eigenvalue weighted by Crippen LogP contribution is -2.39. The van der Waals surface area contributed by atoms with Crippen molar-refractivity contribution in [2.45, 2.75) is 11.7 Å². The number of thioether (sulfide) groups is 1. The molecule has 1 aromatic rings. The van der Waals surface area contributed by atoms with Gasteiger partial charge in [-0.3, -0.25) is 9.80 Å². The van der Waals surface area contributed by atoms with Gasteiger partial charge >= 0.3 is 6.18 Å². The SMILES string of the molecule is CN1N=C(C(F)(F)F)SC1NC(=O)c1ccccc1O. The van der Waals surface area contributed by atoms with Crippen LogP contribution in [-0.2, 0) is 0 Å².